The maximum atomic E-state index is 12.5. The number of aliphatic carboxylic acids is 2. The molecule has 0 aromatic carbocycles. The summed E-state index contributed by atoms with van der Waals surface area (Å²) in [6.45, 7) is -2.54. The molecule has 3 fully saturated rings. The fraction of sp³-hybridized carbons (Fsp3) is 0.857. The van der Waals surface area contributed by atoms with Crippen molar-refractivity contribution in [3.05, 3.63) is 0 Å². The molecule has 57 heavy (non-hydrogen) atoms. The second-order valence-corrected chi connectivity index (χ2v) is 13.8. The maximum absolute atomic E-state index is 12.5. The summed E-state index contributed by atoms with van der Waals surface area (Å²) in [6.07, 6.45) is -34.4. The third-order valence-electron chi connectivity index (χ3n) is 8.58. The van der Waals surface area contributed by atoms with E-state index in [2.05, 4.69) is 14.8 Å². The quantitative estimate of drug-likeness (QED) is 0.0423. The minimum Gasteiger partial charge on any atom is -0.479 e. The van der Waals surface area contributed by atoms with Crippen LogP contribution >= 0.6 is 0 Å². The molecule has 18 atom stereocenters. The Hall–Kier alpha value is -2.89. The molecule has 0 radical (unpaired) electrons. The van der Waals surface area contributed by atoms with Gasteiger partial charge in [0.15, 0.2) is 43.5 Å². The lowest BCUT2D eigenvalue weighted by Crippen LogP contribution is -2.70. The van der Waals surface area contributed by atoms with Crippen molar-refractivity contribution in [1.82, 2.24) is 10.6 Å². The predicted molar refractivity (Wildman–Crippen MR) is 171 cm³/mol. The van der Waals surface area contributed by atoms with Gasteiger partial charge < -0.3 is 100.0 Å². The van der Waals surface area contributed by atoms with E-state index in [0.717, 1.165) is 13.8 Å². The van der Waals surface area contributed by atoms with Gasteiger partial charge in [-0.15, -0.1) is 0 Å². The number of aliphatic hydroxyl groups excluding tert-OH is 9. The van der Waals surface area contributed by atoms with Crippen LogP contribution in [-0.2, 0) is 66.9 Å². The fourth-order valence-corrected chi connectivity index (χ4v) is 6.55. The Labute approximate surface area is 321 Å². The van der Waals surface area contributed by atoms with Crippen molar-refractivity contribution in [3.8, 4) is 0 Å². The molecular weight excluding hydrogens is 812 g/mol. The zero-order valence-corrected chi connectivity index (χ0v) is 30.5. The Morgan fingerprint density at radius 1 is 0.702 bits per heavy atom. The number of rotatable bonds is 19. The lowest BCUT2D eigenvalue weighted by Gasteiger charge is -2.49. The Bertz CT molecular complexity index is 1470. The van der Waals surface area contributed by atoms with Crippen LogP contribution in [0.1, 0.15) is 13.8 Å². The van der Waals surface area contributed by atoms with Crippen molar-refractivity contribution in [1.29, 1.82) is 0 Å². The molecule has 28 nitrogen and oxygen atoms in total. The largest absolute Gasteiger partial charge is 0.479 e. The van der Waals surface area contributed by atoms with Gasteiger partial charge in [0, 0.05) is 13.8 Å². The smallest absolute Gasteiger partial charge is 0.397 e. The predicted octanol–water partition coefficient (Wildman–Crippen LogP) is -9.20. The van der Waals surface area contributed by atoms with Crippen LogP contribution in [0.5, 0.6) is 0 Å². The molecule has 0 aliphatic carbocycles. The molecule has 3 aliphatic heterocycles. The molecule has 3 rings (SSSR count). The first-order valence-corrected chi connectivity index (χ1v) is 18.0. The van der Waals surface area contributed by atoms with E-state index in [1.54, 1.807) is 0 Å². The number of carbonyl (C=O) groups is 4. The third-order valence-corrected chi connectivity index (χ3v) is 9.05. The van der Waals surface area contributed by atoms with E-state index in [9.17, 15) is 83.2 Å². The number of hydrogen-bond donors (Lipinski definition) is 14. The zero-order valence-electron chi connectivity index (χ0n) is 29.7. The van der Waals surface area contributed by atoms with Crippen LogP contribution < -0.4 is 10.6 Å². The Morgan fingerprint density at radius 3 is 1.72 bits per heavy atom. The van der Waals surface area contributed by atoms with E-state index in [1.807, 2.05) is 0 Å². The molecule has 0 aromatic rings. The summed E-state index contributed by atoms with van der Waals surface area (Å²) >= 11 is 0. The van der Waals surface area contributed by atoms with E-state index >= 15 is 0 Å². The molecular formula is C28H46N2O26S. The minimum atomic E-state index is -5.64. The second kappa shape index (κ2) is 20.9. The van der Waals surface area contributed by atoms with E-state index in [0.29, 0.717) is 0 Å². The highest BCUT2D eigenvalue weighted by Gasteiger charge is 2.57. The average molecular weight is 859 g/mol. The lowest BCUT2D eigenvalue weighted by molar-refractivity contribution is -0.363. The monoisotopic (exact) mass is 858 g/mol. The molecule has 0 saturated carbocycles. The van der Waals surface area contributed by atoms with E-state index < -0.39 is 171 Å². The number of amides is 2. The van der Waals surface area contributed by atoms with Crippen LogP contribution in [-0.4, -0.2) is 230 Å². The molecule has 3 saturated heterocycles. The standard InChI is InChI=1S/C28H46N2O26S/c1-7(35)29-13-16(39)15(38)9(3-31)49-27(13)54-21-18(41)22(56-57(46,47)48)28(55-23(21)25(44)45)53-19-10(4-32)50-26(14(17(19)40)30-8(2)36)51-11(5-33)20(24(42)43)52-12(37)6-34/h9-23,26-28,31-34,37-41H,3-6H2,1-2H3,(H,29,35)(H,30,36)(H,42,43)(H,44,45)(H,46,47,48). The summed E-state index contributed by atoms with van der Waals surface area (Å²) in [5.74, 6) is -5.60. The van der Waals surface area contributed by atoms with Crippen molar-refractivity contribution >= 4 is 34.2 Å². The molecule has 3 heterocycles. The van der Waals surface area contributed by atoms with Gasteiger partial charge in [0.1, 0.15) is 67.0 Å². The van der Waals surface area contributed by atoms with Gasteiger partial charge in [-0.2, -0.15) is 8.42 Å². The number of carboxylic acids is 2. The summed E-state index contributed by atoms with van der Waals surface area (Å²) in [4.78, 5) is 48.4. The molecule has 3 aliphatic rings. The van der Waals surface area contributed by atoms with Crippen molar-refractivity contribution in [2.45, 2.75) is 124 Å². The van der Waals surface area contributed by atoms with Gasteiger partial charge in [0.25, 0.3) is 0 Å². The van der Waals surface area contributed by atoms with Gasteiger partial charge in [-0.05, 0) is 0 Å². The summed E-state index contributed by atoms with van der Waals surface area (Å²) in [5, 5.41) is 116. The number of hydrogen-bond acceptors (Lipinski definition) is 23. The number of nitrogens with one attached hydrogen (secondary N) is 2. The van der Waals surface area contributed by atoms with Crippen molar-refractivity contribution in [3.63, 3.8) is 0 Å². The number of carbonyl (C=O) groups excluding carboxylic acids is 2. The summed E-state index contributed by atoms with van der Waals surface area (Å²) in [7, 11) is -5.64. The van der Waals surface area contributed by atoms with E-state index in [4.69, 9.17) is 38.3 Å². The van der Waals surface area contributed by atoms with Crippen molar-refractivity contribution < 1.29 is 126 Å². The van der Waals surface area contributed by atoms with Crippen LogP contribution in [0.15, 0.2) is 0 Å². The van der Waals surface area contributed by atoms with Crippen LogP contribution in [0, 0.1) is 0 Å². The summed E-state index contributed by atoms with van der Waals surface area (Å²) in [5.41, 5.74) is 0. The molecule has 29 heteroatoms. The molecule has 2 amide bonds. The maximum Gasteiger partial charge on any atom is 0.397 e. The Morgan fingerprint density at radius 2 is 1.25 bits per heavy atom. The molecule has 330 valence electrons. The lowest BCUT2D eigenvalue weighted by atomic mass is 9.94. The first-order chi connectivity index (χ1) is 26.6. The zero-order chi connectivity index (χ0) is 43.1. The normalized spacial score (nSPS) is 37.7. The van der Waals surface area contributed by atoms with Gasteiger partial charge in [0.05, 0.1) is 26.4 Å². The van der Waals surface area contributed by atoms with Gasteiger partial charge in [-0.3, -0.25) is 14.1 Å². The van der Waals surface area contributed by atoms with Crippen LogP contribution in [0.3, 0.4) is 0 Å². The average Bonchev–Trinajstić information content (AvgIpc) is 3.12. The Balaban J connectivity index is 2.00. The SMILES string of the molecule is CC(=O)NC1C(OC2C(C(=O)O)OC(OC3C(CO)OC(OC(CO)C(OC(O)CO)C(=O)O)C(NC(C)=O)C3O)C(OS(=O)(=O)O)C2O)OC(CO)C(O)C1O. The summed E-state index contributed by atoms with van der Waals surface area (Å²) < 4.78 is 75.8. The van der Waals surface area contributed by atoms with Gasteiger partial charge in [-0.25, -0.2) is 13.8 Å². The molecule has 0 bridgehead atoms. The van der Waals surface area contributed by atoms with Gasteiger partial charge in [-0.1, -0.05) is 0 Å². The molecule has 14 N–H and O–H groups in total. The van der Waals surface area contributed by atoms with E-state index in [1.165, 1.54) is 0 Å². The van der Waals surface area contributed by atoms with Crippen molar-refractivity contribution in [2.75, 3.05) is 26.4 Å². The van der Waals surface area contributed by atoms with Gasteiger partial charge in [0.2, 0.25) is 11.8 Å². The molecule has 0 spiro atoms. The van der Waals surface area contributed by atoms with Crippen LogP contribution in [0.4, 0.5) is 0 Å². The van der Waals surface area contributed by atoms with Gasteiger partial charge >= 0.3 is 22.3 Å². The van der Waals surface area contributed by atoms with E-state index in [-0.39, 0.29) is 0 Å². The third kappa shape index (κ3) is 12.3. The highest BCUT2D eigenvalue weighted by Crippen LogP contribution is 2.35. The van der Waals surface area contributed by atoms with Crippen molar-refractivity contribution in [2.24, 2.45) is 0 Å². The molecule has 0 aromatic heterocycles. The highest BCUT2D eigenvalue weighted by molar-refractivity contribution is 7.80. The number of carboxylic acid groups (broad SMARTS) is 2. The fourth-order valence-electron chi connectivity index (χ4n) is 6.06. The molecule has 18 unspecified atom stereocenters. The number of aliphatic hydroxyl groups is 9. The second-order valence-electron chi connectivity index (χ2n) is 12.7. The first-order valence-electron chi connectivity index (χ1n) is 16.7. The number of ether oxygens (including phenoxy) is 7. The topological polar surface area (TPSA) is 443 Å². The first kappa shape index (κ1) is 48.5. The Kier molecular flexibility index (Phi) is 17.8. The highest BCUT2D eigenvalue weighted by atomic mass is 32.3. The van der Waals surface area contributed by atoms with Crippen LogP contribution in [0.25, 0.3) is 0 Å². The minimum absolute atomic E-state index is 0.846. The van der Waals surface area contributed by atoms with Crippen LogP contribution in [0.2, 0.25) is 0 Å². The summed E-state index contributed by atoms with van der Waals surface area (Å²) in [6, 6.07) is -3.61.